The van der Waals surface area contributed by atoms with E-state index < -0.39 is 0 Å². The Labute approximate surface area is 64.3 Å². The highest BCUT2D eigenvalue weighted by Gasteiger charge is 2.22. The van der Waals surface area contributed by atoms with Gasteiger partial charge in [-0.2, -0.15) is 0 Å². The lowest BCUT2D eigenvalue weighted by Crippen LogP contribution is -2.17. The standard InChI is InChI=1S/C10H17/c1-8-5-6-10(3,4)7-9(8)2/h8H,5-6H2,1-4H3. The molecule has 1 rings (SSSR count). The first kappa shape index (κ1) is 7.84. The molecule has 1 unspecified atom stereocenters. The van der Waals surface area contributed by atoms with Gasteiger partial charge >= 0.3 is 0 Å². The van der Waals surface area contributed by atoms with Gasteiger partial charge in [-0.1, -0.05) is 26.3 Å². The average Bonchev–Trinajstić information content (AvgIpc) is 1.79. The second-order valence-electron chi connectivity index (χ2n) is 4.13. The van der Waals surface area contributed by atoms with E-state index in [0.717, 1.165) is 5.92 Å². The minimum absolute atomic E-state index is 0.344. The summed E-state index contributed by atoms with van der Waals surface area (Å²) in [6.07, 6.45) is 6.16. The maximum Gasteiger partial charge on any atom is -0.0101 e. The van der Waals surface area contributed by atoms with E-state index in [1.54, 1.807) is 0 Å². The van der Waals surface area contributed by atoms with Gasteiger partial charge in [-0.3, -0.25) is 0 Å². The molecule has 0 heterocycles. The van der Waals surface area contributed by atoms with Crippen LogP contribution < -0.4 is 0 Å². The van der Waals surface area contributed by atoms with Crippen molar-refractivity contribution in [1.82, 2.24) is 0 Å². The summed E-state index contributed by atoms with van der Waals surface area (Å²) >= 11 is 0. The van der Waals surface area contributed by atoms with Crippen molar-refractivity contribution in [3.63, 3.8) is 0 Å². The molecule has 57 valence electrons. The molecule has 10 heavy (non-hydrogen) atoms. The molecule has 0 aromatic carbocycles. The summed E-state index contributed by atoms with van der Waals surface area (Å²) < 4.78 is 0. The van der Waals surface area contributed by atoms with Gasteiger partial charge < -0.3 is 0 Å². The van der Waals surface area contributed by atoms with Crippen LogP contribution >= 0.6 is 0 Å². The van der Waals surface area contributed by atoms with Crippen LogP contribution in [0.2, 0.25) is 0 Å². The van der Waals surface area contributed by atoms with Crippen LogP contribution in [-0.2, 0) is 0 Å². The van der Waals surface area contributed by atoms with E-state index in [9.17, 15) is 0 Å². The van der Waals surface area contributed by atoms with Crippen LogP contribution in [0.15, 0.2) is 5.57 Å². The maximum atomic E-state index is 3.52. The molecule has 1 aliphatic carbocycles. The molecule has 0 aromatic rings. The van der Waals surface area contributed by atoms with Gasteiger partial charge in [0.1, 0.15) is 0 Å². The third-order valence-corrected chi connectivity index (χ3v) is 2.48. The second kappa shape index (κ2) is 2.41. The van der Waals surface area contributed by atoms with Crippen molar-refractivity contribution in [2.24, 2.45) is 11.3 Å². The Morgan fingerprint density at radius 3 is 2.50 bits per heavy atom. The highest BCUT2D eigenvalue weighted by atomic mass is 14.3. The van der Waals surface area contributed by atoms with Crippen molar-refractivity contribution in [3.05, 3.63) is 11.6 Å². The molecular weight excluding hydrogens is 120 g/mol. The van der Waals surface area contributed by atoms with Gasteiger partial charge in [0, 0.05) is 0 Å². The third-order valence-electron chi connectivity index (χ3n) is 2.48. The van der Waals surface area contributed by atoms with E-state index in [4.69, 9.17) is 0 Å². The molecule has 0 fully saturated rings. The van der Waals surface area contributed by atoms with Crippen molar-refractivity contribution in [2.45, 2.75) is 40.5 Å². The molecule has 0 saturated carbocycles. The van der Waals surface area contributed by atoms with Gasteiger partial charge in [0.25, 0.3) is 0 Å². The topological polar surface area (TPSA) is 0 Å². The summed E-state index contributed by atoms with van der Waals surface area (Å²) in [7, 11) is 0. The lowest BCUT2D eigenvalue weighted by molar-refractivity contribution is 0.343. The first-order valence-electron chi connectivity index (χ1n) is 4.13. The fourth-order valence-electron chi connectivity index (χ4n) is 1.51. The number of hydrogen-bond acceptors (Lipinski definition) is 0. The van der Waals surface area contributed by atoms with E-state index in [-0.39, 0.29) is 0 Å². The SMILES string of the molecule is CC1=[C]C(C)(C)CCC1C. The molecule has 0 heteroatoms. The molecule has 0 nitrogen and oxygen atoms in total. The summed E-state index contributed by atoms with van der Waals surface area (Å²) in [5, 5.41) is 0. The zero-order chi connectivity index (χ0) is 7.78. The van der Waals surface area contributed by atoms with Crippen LogP contribution in [0, 0.1) is 17.4 Å². The first-order valence-corrected chi connectivity index (χ1v) is 4.13. The highest BCUT2D eigenvalue weighted by molar-refractivity contribution is 5.06. The minimum atomic E-state index is 0.344. The molecule has 0 bridgehead atoms. The summed E-state index contributed by atoms with van der Waals surface area (Å²) in [5.41, 5.74) is 1.80. The number of hydrogen-bond donors (Lipinski definition) is 0. The average molecular weight is 137 g/mol. The zero-order valence-corrected chi connectivity index (χ0v) is 7.49. The zero-order valence-electron chi connectivity index (χ0n) is 7.49. The summed E-state index contributed by atoms with van der Waals surface area (Å²) in [5.74, 6) is 0.771. The molecular formula is C10H17. The number of rotatable bonds is 0. The van der Waals surface area contributed by atoms with Crippen LogP contribution in [0.1, 0.15) is 40.5 Å². The second-order valence-corrected chi connectivity index (χ2v) is 4.13. The van der Waals surface area contributed by atoms with Crippen LogP contribution in [0.3, 0.4) is 0 Å². The van der Waals surface area contributed by atoms with Gasteiger partial charge in [0.05, 0.1) is 0 Å². The fraction of sp³-hybridized carbons (Fsp3) is 0.800. The minimum Gasteiger partial charge on any atom is -0.0665 e. The van der Waals surface area contributed by atoms with Crippen LogP contribution in [0.5, 0.6) is 0 Å². The normalized spacial score (nSPS) is 31.6. The third kappa shape index (κ3) is 1.62. The smallest absolute Gasteiger partial charge is 0.0101 e. The van der Waals surface area contributed by atoms with Crippen molar-refractivity contribution in [1.29, 1.82) is 0 Å². The lowest BCUT2D eigenvalue weighted by atomic mass is 9.76. The van der Waals surface area contributed by atoms with Crippen LogP contribution in [-0.4, -0.2) is 0 Å². The predicted octanol–water partition coefficient (Wildman–Crippen LogP) is 3.19. The van der Waals surface area contributed by atoms with Crippen molar-refractivity contribution in [3.8, 4) is 0 Å². The molecule has 0 spiro atoms. The van der Waals surface area contributed by atoms with Gasteiger partial charge in [-0.15, -0.1) is 0 Å². The van der Waals surface area contributed by atoms with E-state index >= 15 is 0 Å². The van der Waals surface area contributed by atoms with Gasteiger partial charge in [0.2, 0.25) is 0 Å². The van der Waals surface area contributed by atoms with Gasteiger partial charge in [-0.05, 0) is 37.2 Å². The van der Waals surface area contributed by atoms with E-state index in [1.807, 2.05) is 0 Å². The lowest BCUT2D eigenvalue weighted by Gasteiger charge is -2.29. The molecule has 0 amide bonds. The van der Waals surface area contributed by atoms with Crippen molar-refractivity contribution >= 4 is 0 Å². The van der Waals surface area contributed by atoms with E-state index in [0.29, 0.717) is 5.41 Å². The summed E-state index contributed by atoms with van der Waals surface area (Å²) in [6, 6.07) is 0. The molecule has 0 N–H and O–H groups in total. The molecule has 1 atom stereocenters. The van der Waals surface area contributed by atoms with E-state index in [1.165, 1.54) is 18.4 Å². The quantitative estimate of drug-likeness (QED) is 0.481. The van der Waals surface area contributed by atoms with Gasteiger partial charge in [0.15, 0.2) is 0 Å². The Balaban J connectivity index is 2.76. The number of allylic oxidation sites excluding steroid dienone is 2. The van der Waals surface area contributed by atoms with E-state index in [2.05, 4.69) is 33.8 Å². The fourth-order valence-corrected chi connectivity index (χ4v) is 1.51. The molecule has 0 saturated heterocycles. The molecule has 1 aliphatic rings. The van der Waals surface area contributed by atoms with Crippen LogP contribution in [0.25, 0.3) is 0 Å². The van der Waals surface area contributed by atoms with Gasteiger partial charge in [-0.25, -0.2) is 0 Å². The van der Waals surface area contributed by atoms with Crippen molar-refractivity contribution < 1.29 is 0 Å². The predicted molar refractivity (Wildman–Crippen MR) is 44.6 cm³/mol. The maximum absolute atomic E-state index is 3.52. The Morgan fingerprint density at radius 1 is 1.50 bits per heavy atom. The Hall–Kier alpha value is -0.260. The van der Waals surface area contributed by atoms with Crippen LogP contribution in [0.4, 0.5) is 0 Å². The molecule has 0 aromatic heterocycles. The molecule has 0 aliphatic heterocycles. The Morgan fingerprint density at radius 2 is 2.10 bits per heavy atom. The highest BCUT2D eigenvalue weighted by Crippen LogP contribution is 2.34. The largest absolute Gasteiger partial charge is 0.0665 e. The first-order chi connectivity index (χ1) is 4.51. The Kier molecular flexibility index (Phi) is 1.89. The summed E-state index contributed by atoms with van der Waals surface area (Å²) in [4.78, 5) is 0. The summed E-state index contributed by atoms with van der Waals surface area (Å²) in [6.45, 7) is 9.02. The monoisotopic (exact) mass is 137 g/mol. The molecule has 1 radical (unpaired) electrons. The van der Waals surface area contributed by atoms with Crippen molar-refractivity contribution in [2.75, 3.05) is 0 Å². The Bertz CT molecular complexity index is 151.